The number of nitrogens with two attached hydrogens (primary N) is 1. The largest absolute Gasteiger partial charge is 0.379 e. The third-order valence-corrected chi connectivity index (χ3v) is 3.64. The number of benzene rings is 1. The predicted octanol–water partition coefficient (Wildman–Crippen LogP) is 2.08. The van der Waals surface area contributed by atoms with E-state index < -0.39 is 0 Å². The summed E-state index contributed by atoms with van der Waals surface area (Å²) in [6.45, 7) is 0.874. The van der Waals surface area contributed by atoms with E-state index in [1.165, 1.54) is 0 Å². The Labute approximate surface area is 110 Å². The van der Waals surface area contributed by atoms with E-state index in [0.29, 0.717) is 29.7 Å². The third-order valence-electron chi connectivity index (χ3n) is 2.90. The maximum Gasteiger partial charge on any atom is 0.144 e. The molecule has 1 aliphatic heterocycles. The highest BCUT2D eigenvalue weighted by atomic mass is 35.5. The van der Waals surface area contributed by atoms with Crippen LogP contribution in [0.2, 0.25) is 10.0 Å². The van der Waals surface area contributed by atoms with Gasteiger partial charge in [0.25, 0.3) is 0 Å². The molecule has 0 bridgehead atoms. The van der Waals surface area contributed by atoms with Gasteiger partial charge in [-0.15, -0.1) is 0 Å². The highest BCUT2D eigenvalue weighted by Gasteiger charge is 2.30. The van der Waals surface area contributed by atoms with Crippen LogP contribution in [0.5, 0.6) is 0 Å². The van der Waals surface area contributed by atoms with Crippen molar-refractivity contribution in [3.05, 3.63) is 33.8 Å². The number of hydrogen-bond donors (Lipinski definition) is 1. The fourth-order valence-corrected chi connectivity index (χ4v) is 2.21. The van der Waals surface area contributed by atoms with Gasteiger partial charge in [0.1, 0.15) is 5.78 Å². The van der Waals surface area contributed by atoms with Crippen molar-refractivity contribution in [3.63, 3.8) is 0 Å². The molecule has 3 nitrogen and oxygen atoms in total. The van der Waals surface area contributed by atoms with Crippen molar-refractivity contribution >= 4 is 29.0 Å². The number of halogens is 2. The maximum atomic E-state index is 12.0. The Morgan fingerprint density at radius 1 is 1.35 bits per heavy atom. The van der Waals surface area contributed by atoms with Crippen molar-refractivity contribution in [1.82, 2.24) is 0 Å². The molecule has 0 aliphatic carbocycles. The van der Waals surface area contributed by atoms with E-state index in [1.807, 2.05) is 0 Å². The first-order valence-corrected chi connectivity index (χ1v) is 6.13. The number of carbonyl (C=O) groups excluding carboxylic acids is 1. The van der Waals surface area contributed by atoms with Gasteiger partial charge in [-0.3, -0.25) is 4.79 Å². The lowest BCUT2D eigenvalue weighted by Crippen LogP contribution is -2.34. The number of hydrogen-bond acceptors (Lipinski definition) is 3. The summed E-state index contributed by atoms with van der Waals surface area (Å²) in [4.78, 5) is 12.0. The molecule has 0 aromatic heterocycles. The molecule has 0 amide bonds. The molecule has 92 valence electrons. The number of rotatable bonds is 3. The van der Waals surface area contributed by atoms with Crippen LogP contribution in [0, 0.1) is 5.92 Å². The third kappa shape index (κ3) is 2.99. The van der Waals surface area contributed by atoms with Gasteiger partial charge >= 0.3 is 0 Å². The molecular formula is C12H13Cl2NO2. The first-order chi connectivity index (χ1) is 8.08. The van der Waals surface area contributed by atoms with E-state index >= 15 is 0 Å². The molecule has 0 saturated carbocycles. The lowest BCUT2D eigenvalue weighted by atomic mass is 9.94. The lowest BCUT2D eigenvalue weighted by Gasteiger charge is -2.11. The van der Waals surface area contributed by atoms with Crippen LogP contribution in [-0.2, 0) is 16.0 Å². The van der Waals surface area contributed by atoms with Crippen LogP contribution in [0.25, 0.3) is 0 Å². The fourth-order valence-electron chi connectivity index (χ4n) is 1.88. The quantitative estimate of drug-likeness (QED) is 0.918. The van der Waals surface area contributed by atoms with Crippen molar-refractivity contribution in [1.29, 1.82) is 0 Å². The zero-order chi connectivity index (χ0) is 12.4. The first kappa shape index (κ1) is 12.8. The summed E-state index contributed by atoms with van der Waals surface area (Å²) in [5, 5.41) is 0.952. The standard InChI is InChI=1S/C12H13Cl2NO2/c13-9-2-1-7(3-10(9)14)4-12(16)8-5-17-6-11(8)15/h1-3,8,11H,4-6,15H2. The first-order valence-electron chi connectivity index (χ1n) is 5.38. The van der Waals surface area contributed by atoms with Gasteiger partial charge in [0.2, 0.25) is 0 Å². The second kappa shape index (κ2) is 5.36. The van der Waals surface area contributed by atoms with E-state index in [9.17, 15) is 4.79 Å². The Bertz CT molecular complexity index is 437. The summed E-state index contributed by atoms with van der Waals surface area (Å²) in [7, 11) is 0. The molecule has 2 rings (SSSR count). The minimum Gasteiger partial charge on any atom is -0.379 e. The van der Waals surface area contributed by atoms with Crippen LogP contribution >= 0.6 is 23.2 Å². The second-order valence-electron chi connectivity index (χ2n) is 4.20. The zero-order valence-electron chi connectivity index (χ0n) is 9.16. The molecule has 5 heteroatoms. The summed E-state index contributed by atoms with van der Waals surface area (Å²) >= 11 is 11.7. The second-order valence-corrected chi connectivity index (χ2v) is 5.01. The summed E-state index contributed by atoms with van der Waals surface area (Å²) in [5.41, 5.74) is 6.65. The van der Waals surface area contributed by atoms with Crippen molar-refractivity contribution in [3.8, 4) is 0 Å². The van der Waals surface area contributed by atoms with Crippen LogP contribution in [0.1, 0.15) is 5.56 Å². The van der Waals surface area contributed by atoms with Crippen LogP contribution < -0.4 is 5.73 Å². The van der Waals surface area contributed by atoms with E-state index in [0.717, 1.165) is 5.56 Å². The topological polar surface area (TPSA) is 52.3 Å². The SMILES string of the molecule is NC1COCC1C(=O)Cc1ccc(Cl)c(Cl)c1. The fraction of sp³-hybridized carbons (Fsp3) is 0.417. The van der Waals surface area contributed by atoms with Gasteiger partial charge in [0.05, 0.1) is 29.2 Å². The number of ether oxygens (including phenoxy) is 1. The van der Waals surface area contributed by atoms with Gasteiger partial charge in [-0.05, 0) is 17.7 Å². The van der Waals surface area contributed by atoms with Crippen molar-refractivity contribution in [2.45, 2.75) is 12.5 Å². The molecule has 0 spiro atoms. The molecule has 1 heterocycles. The average Bonchev–Trinajstić information content (AvgIpc) is 2.70. The summed E-state index contributed by atoms with van der Waals surface area (Å²) in [6.07, 6.45) is 0.318. The Kier molecular flexibility index (Phi) is 4.05. The minimum atomic E-state index is -0.204. The van der Waals surface area contributed by atoms with Crippen LogP contribution in [0.4, 0.5) is 0 Å². The van der Waals surface area contributed by atoms with Gasteiger partial charge < -0.3 is 10.5 Å². The Morgan fingerprint density at radius 2 is 2.12 bits per heavy atom. The summed E-state index contributed by atoms with van der Waals surface area (Å²) in [5.74, 6) is -0.113. The van der Waals surface area contributed by atoms with Crippen molar-refractivity contribution in [2.75, 3.05) is 13.2 Å². The molecule has 2 atom stereocenters. The molecular weight excluding hydrogens is 261 g/mol. The molecule has 17 heavy (non-hydrogen) atoms. The molecule has 2 N–H and O–H groups in total. The van der Waals surface area contributed by atoms with Gasteiger partial charge in [-0.1, -0.05) is 29.3 Å². The van der Waals surface area contributed by atoms with Gasteiger partial charge in [-0.25, -0.2) is 0 Å². The summed E-state index contributed by atoms with van der Waals surface area (Å²) in [6, 6.07) is 5.01. The molecule has 0 radical (unpaired) electrons. The van der Waals surface area contributed by atoms with Gasteiger partial charge in [-0.2, -0.15) is 0 Å². The Balaban J connectivity index is 2.05. The van der Waals surface area contributed by atoms with Crippen LogP contribution in [0.15, 0.2) is 18.2 Å². The molecule has 1 aliphatic rings. The number of carbonyl (C=O) groups is 1. The van der Waals surface area contributed by atoms with E-state index in [4.69, 9.17) is 33.7 Å². The monoisotopic (exact) mass is 273 g/mol. The summed E-state index contributed by atoms with van der Waals surface area (Å²) < 4.78 is 5.18. The van der Waals surface area contributed by atoms with E-state index in [-0.39, 0.29) is 17.7 Å². The van der Waals surface area contributed by atoms with Crippen molar-refractivity contribution < 1.29 is 9.53 Å². The highest BCUT2D eigenvalue weighted by molar-refractivity contribution is 6.42. The molecule has 2 unspecified atom stereocenters. The zero-order valence-corrected chi connectivity index (χ0v) is 10.7. The molecule has 1 aromatic carbocycles. The molecule has 1 fully saturated rings. The number of ketones is 1. The smallest absolute Gasteiger partial charge is 0.144 e. The average molecular weight is 274 g/mol. The Morgan fingerprint density at radius 3 is 2.71 bits per heavy atom. The number of Topliss-reactive ketones (excluding diaryl/α,β-unsaturated/α-hetero) is 1. The maximum absolute atomic E-state index is 12.0. The van der Waals surface area contributed by atoms with Crippen molar-refractivity contribution in [2.24, 2.45) is 11.7 Å². The van der Waals surface area contributed by atoms with E-state index in [2.05, 4.69) is 0 Å². The normalized spacial score (nSPS) is 23.9. The predicted molar refractivity (Wildman–Crippen MR) is 67.5 cm³/mol. The Hall–Kier alpha value is -0.610. The lowest BCUT2D eigenvalue weighted by molar-refractivity contribution is -0.122. The molecule has 1 saturated heterocycles. The van der Waals surface area contributed by atoms with E-state index in [1.54, 1.807) is 18.2 Å². The minimum absolute atomic E-state index is 0.0911. The molecule has 1 aromatic rings. The van der Waals surface area contributed by atoms with Gasteiger partial charge in [0, 0.05) is 12.5 Å². The highest BCUT2D eigenvalue weighted by Crippen LogP contribution is 2.24. The van der Waals surface area contributed by atoms with Gasteiger partial charge in [0.15, 0.2) is 0 Å². The van der Waals surface area contributed by atoms with Crippen LogP contribution in [-0.4, -0.2) is 25.0 Å². The van der Waals surface area contributed by atoms with Crippen LogP contribution in [0.3, 0.4) is 0 Å².